The summed E-state index contributed by atoms with van der Waals surface area (Å²) in [5, 5.41) is 8.30. The third kappa shape index (κ3) is 4.54. The number of likely N-dealkylation sites (N-methyl/N-ethyl adjacent to an activating group) is 1. The Balaban J connectivity index is 1.56. The second-order valence-corrected chi connectivity index (χ2v) is 9.71. The minimum Gasteiger partial charge on any atom is -0.340 e. The summed E-state index contributed by atoms with van der Waals surface area (Å²) >= 11 is 0. The Bertz CT molecular complexity index is 1380. The van der Waals surface area contributed by atoms with Crippen LogP contribution in [-0.4, -0.2) is 33.5 Å². The molecule has 1 atom stereocenters. The number of rotatable bonds is 7. The van der Waals surface area contributed by atoms with Gasteiger partial charge in [0.25, 0.3) is 5.91 Å². The maximum Gasteiger partial charge on any atom is 0.265 e. The number of hydrogen-bond acceptors (Lipinski definition) is 4. The largest absolute Gasteiger partial charge is 0.340 e. The zero-order chi connectivity index (χ0) is 25.2. The molecule has 1 aliphatic rings. The lowest BCUT2D eigenvalue weighted by Crippen LogP contribution is -2.42. The SMILES string of the molecule is CC(C)CC1C(=O)N(C)C(=O)c2c1nn(Cc1ccc(-c3ccccc3)cc1)c2Nc1ccccc1. The molecule has 1 N–H and O–H groups in total. The van der Waals surface area contributed by atoms with E-state index in [4.69, 9.17) is 5.10 Å². The van der Waals surface area contributed by atoms with Crippen LogP contribution >= 0.6 is 0 Å². The van der Waals surface area contributed by atoms with Crippen LogP contribution in [0.25, 0.3) is 11.1 Å². The van der Waals surface area contributed by atoms with Gasteiger partial charge in [0.15, 0.2) is 0 Å². The van der Waals surface area contributed by atoms with Crippen LogP contribution in [0.5, 0.6) is 0 Å². The highest BCUT2D eigenvalue weighted by atomic mass is 16.2. The highest BCUT2D eigenvalue weighted by Crippen LogP contribution is 2.38. The summed E-state index contributed by atoms with van der Waals surface area (Å²) in [5.74, 6) is -0.0553. The fraction of sp³-hybridized carbons (Fsp3) is 0.233. The van der Waals surface area contributed by atoms with E-state index in [1.54, 1.807) is 7.05 Å². The Kier molecular flexibility index (Phi) is 6.42. The number of benzene rings is 3. The summed E-state index contributed by atoms with van der Waals surface area (Å²) in [6.07, 6.45) is 0.636. The summed E-state index contributed by atoms with van der Waals surface area (Å²) in [7, 11) is 1.56. The Morgan fingerprint density at radius 3 is 2.11 bits per heavy atom. The van der Waals surface area contributed by atoms with Gasteiger partial charge in [0.05, 0.1) is 18.2 Å². The van der Waals surface area contributed by atoms with E-state index in [1.165, 1.54) is 4.90 Å². The number of hydrogen-bond donors (Lipinski definition) is 1. The van der Waals surface area contributed by atoms with Gasteiger partial charge in [0, 0.05) is 12.7 Å². The predicted octanol–water partition coefficient (Wildman–Crippen LogP) is 6.08. The van der Waals surface area contributed by atoms with E-state index in [2.05, 4.69) is 55.6 Å². The van der Waals surface area contributed by atoms with Crippen molar-refractivity contribution in [3.63, 3.8) is 0 Å². The first-order chi connectivity index (χ1) is 17.4. The van der Waals surface area contributed by atoms with Crippen LogP contribution in [0.15, 0.2) is 84.9 Å². The van der Waals surface area contributed by atoms with Gasteiger partial charge in [0.2, 0.25) is 5.91 Å². The van der Waals surface area contributed by atoms with E-state index in [-0.39, 0.29) is 17.7 Å². The molecule has 0 aliphatic carbocycles. The zero-order valence-corrected chi connectivity index (χ0v) is 20.8. The van der Waals surface area contributed by atoms with E-state index in [1.807, 2.05) is 53.2 Å². The van der Waals surface area contributed by atoms with E-state index in [0.717, 1.165) is 22.4 Å². The van der Waals surface area contributed by atoms with Gasteiger partial charge in [-0.15, -0.1) is 0 Å². The third-order valence-electron chi connectivity index (χ3n) is 6.59. The Hall–Kier alpha value is -4.19. The van der Waals surface area contributed by atoms with Crippen molar-refractivity contribution in [3.05, 3.63) is 102 Å². The lowest BCUT2D eigenvalue weighted by molar-refractivity contribution is -0.130. The average molecular weight is 479 g/mol. The molecule has 2 heterocycles. The quantitative estimate of drug-likeness (QED) is 0.327. The molecule has 0 saturated carbocycles. The van der Waals surface area contributed by atoms with Crippen molar-refractivity contribution in [2.75, 3.05) is 12.4 Å². The maximum absolute atomic E-state index is 13.3. The van der Waals surface area contributed by atoms with E-state index in [9.17, 15) is 9.59 Å². The molecule has 0 radical (unpaired) electrons. The molecule has 4 aromatic rings. The van der Waals surface area contributed by atoms with Gasteiger partial charge in [0.1, 0.15) is 11.4 Å². The molecule has 0 saturated heterocycles. The van der Waals surface area contributed by atoms with Crippen molar-refractivity contribution in [2.24, 2.45) is 5.92 Å². The van der Waals surface area contributed by atoms with Crippen molar-refractivity contribution in [1.82, 2.24) is 14.7 Å². The fourth-order valence-corrected chi connectivity index (χ4v) is 4.74. The first kappa shape index (κ1) is 23.5. The standard InChI is InChI=1S/C30H30N4O2/c1-20(2)18-25-27-26(30(36)33(3)29(25)35)28(31-24-12-8-5-9-13-24)34(32-27)19-21-14-16-23(17-15-21)22-10-6-4-7-11-22/h4-17,20,25,31H,18-19H2,1-3H3. The van der Waals surface area contributed by atoms with Gasteiger partial charge < -0.3 is 5.32 Å². The molecule has 1 aliphatic heterocycles. The Morgan fingerprint density at radius 1 is 0.861 bits per heavy atom. The van der Waals surface area contributed by atoms with Crippen LogP contribution in [0.1, 0.15) is 47.8 Å². The van der Waals surface area contributed by atoms with Gasteiger partial charge in [-0.3, -0.25) is 14.5 Å². The number of fused-ring (bicyclic) bond motifs is 1. The number of carbonyl (C=O) groups is 2. The molecule has 36 heavy (non-hydrogen) atoms. The van der Waals surface area contributed by atoms with Crippen LogP contribution in [0.3, 0.4) is 0 Å². The molecule has 2 amide bonds. The third-order valence-corrected chi connectivity index (χ3v) is 6.59. The first-order valence-corrected chi connectivity index (χ1v) is 12.3. The van der Waals surface area contributed by atoms with Gasteiger partial charge in [-0.2, -0.15) is 5.10 Å². The molecule has 6 nitrogen and oxygen atoms in total. The van der Waals surface area contributed by atoms with Crippen LogP contribution in [0.4, 0.5) is 11.5 Å². The zero-order valence-electron chi connectivity index (χ0n) is 20.8. The number of anilines is 2. The molecule has 5 rings (SSSR count). The molecular formula is C30H30N4O2. The minimum absolute atomic E-state index is 0.190. The smallest absolute Gasteiger partial charge is 0.265 e. The second-order valence-electron chi connectivity index (χ2n) is 9.71. The fourth-order valence-electron chi connectivity index (χ4n) is 4.74. The van der Waals surface area contributed by atoms with Gasteiger partial charge in [-0.05, 0) is 41.2 Å². The summed E-state index contributed by atoms with van der Waals surface area (Å²) in [5.41, 5.74) is 5.25. The van der Waals surface area contributed by atoms with Gasteiger partial charge in [-0.1, -0.05) is 86.6 Å². The maximum atomic E-state index is 13.3. The van der Waals surface area contributed by atoms with Crippen molar-refractivity contribution in [1.29, 1.82) is 0 Å². The first-order valence-electron chi connectivity index (χ1n) is 12.3. The summed E-state index contributed by atoms with van der Waals surface area (Å²) in [6, 6.07) is 28.3. The number of imide groups is 1. The molecule has 1 aromatic heterocycles. The molecule has 0 spiro atoms. The number of nitrogens with zero attached hydrogens (tertiary/aromatic N) is 3. The lowest BCUT2D eigenvalue weighted by atomic mass is 9.87. The summed E-state index contributed by atoms with van der Waals surface area (Å²) < 4.78 is 1.83. The second kappa shape index (κ2) is 9.82. The Labute approximate surface area is 211 Å². The number of aromatic nitrogens is 2. The molecule has 0 fully saturated rings. The molecule has 3 aromatic carbocycles. The van der Waals surface area contributed by atoms with Crippen molar-refractivity contribution in [3.8, 4) is 11.1 Å². The van der Waals surface area contributed by atoms with E-state index in [0.29, 0.717) is 30.0 Å². The summed E-state index contributed by atoms with van der Waals surface area (Å²) in [4.78, 5) is 27.7. The molecule has 182 valence electrons. The predicted molar refractivity (Wildman–Crippen MR) is 142 cm³/mol. The molecule has 0 bridgehead atoms. The monoisotopic (exact) mass is 478 g/mol. The molecular weight excluding hydrogens is 448 g/mol. The van der Waals surface area contributed by atoms with Crippen molar-refractivity contribution < 1.29 is 9.59 Å². The van der Waals surface area contributed by atoms with Crippen LogP contribution in [0.2, 0.25) is 0 Å². The number of carbonyl (C=O) groups excluding carboxylic acids is 2. The van der Waals surface area contributed by atoms with Gasteiger partial charge >= 0.3 is 0 Å². The number of para-hydroxylation sites is 1. The number of nitrogens with one attached hydrogen (secondary N) is 1. The molecule has 1 unspecified atom stereocenters. The van der Waals surface area contributed by atoms with E-state index >= 15 is 0 Å². The number of amides is 2. The van der Waals surface area contributed by atoms with Crippen LogP contribution in [-0.2, 0) is 11.3 Å². The highest BCUT2D eigenvalue weighted by molar-refractivity contribution is 6.13. The highest BCUT2D eigenvalue weighted by Gasteiger charge is 2.42. The minimum atomic E-state index is -0.444. The topological polar surface area (TPSA) is 67.2 Å². The normalized spacial score (nSPS) is 15.3. The van der Waals surface area contributed by atoms with Crippen molar-refractivity contribution >= 4 is 23.3 Å². The lowest BCUT2D eigenvalue weighted by Gasteiger charge is -2.28. The van der Waals surface area contributed by atoms with Gasteiger partial charge in [-0.25, -0.2) is 4.68 Å². The van der Waals surface area contributed by atoms with Crippen molar-refractivity contribution in [2.45, 2.75) is 32.7 Å². The average Bonchev–Trinajstić information content (AvgIpc) is 3.24. The molecule has 6 heteroatoms. The summed E-state index contributed by atoms with van der Waals surface area (Å²) in [6.45, 7) is 4.63. The van der Waals surface area contributed by atoms with Crippen LogP contribution in [0, 0.1) is 5.92 Å². The van der Waals surface area contributed by atoms with Crippen LogP contribution < -0.4 is 5.32 Å². The Morgan fingerprint density at radius 2 is 1.47 bits per heavy atom. The van der Waals surface area contributed by atoms with E-state index < -0.39 is 5.92 Å².